The van der Waals surface area contributed by atoms with Crippen LogP contribution in [0.4, 0.5) is 0 Å². The van der Waals surface area contributed by atoms with Crippen LogP contribution in [0.25, 0.3) is 0 Å². The van der Waals surface area contributed by atoms with Crippen LogP contribution in [0.15, 0.2) is 21.1 Å². The summed E-state index contributed by atoms with van der Waals surface area (Å²) in [6.45, 7) is 0.855. The monoisotopic (exact) mass is 446 g/mol. The van der Waals surface area contributed by atoms with Crippen molar-refractivity contribution < 1.29 is 14.6 Å². The summed E-state index contributed by atoms with van der Waals surface area (Å²) in [5, 5.41) is 10.8. The van der Waals surface area contributed by atoms with E-state index in [2.05, 4.69) is 36.8 Å². The summed E-state index contributed by atoms with van der Waals surface area (Å²) in [6.07, 6.45) is 0.842. The highest BCUT2D eigenvalue weighted by Crippen LogP contribution is 2.51. The van der Waals surface area contributed by atoms with E-state index in [1.54, 1.807) is 14.2 Å². The van der Waals surface area contributed by atoms with Crippen molar-refractivity contribution in [2.45, 2.75) is 30.5 Å². The molecule has 2 aliphatic heterocycles. The predicted molar refractivity (Wildman–Crippen MR) is 94.5 cm³/mol. The summed E-state index contributed by atoms with van der Waals surface area (Å²) in [5.74, 6) is 0.348. The zero-order valence-electron chi connectivity index (χ0n) is 13.3. The molecular weight excluding hydrogens is 428 g/mol. The van der Waals surface area contributed by atoms with Gasteiger partial charge in [-0.05, 0) is 60.1 Å². The average molecular weight is 448 g/mol. The molecule has 1 aromatic carbocycles. The van der Waals surface area contributed by atoms with E-state index in [0.29, 0.717) is 5.75 Å². The van der Waals surface area contributed by atoms with Crippen LogP contribution in [-0.2, 0) is 4.79 Å². The van der Waals surface area contributed by atoms with E-state index < -0.39 is 11.8 Å². The largest absolute Gasteiger partial charge is 0.496 e. The molecule has 2 aliphatic rings. The number of amides is 1. The number of benzene rings is 1. The minimum Gasteiger partial charge on any atom is -0.496 e. The number of likely N-dealkylation sites (N-methyl/N-ethyl adjacent to an activating group) is 2. The van der Waals surface area contributed by atoms with Crippen molar-refractivity contribution >= 4 is 37.8 Å². The number of hydrogen-bond donors (Lipinski definition) is 1. The van der Waals surface area contributed by atoms with E-state index >= 15 is 0 Å². The Balaban J connectivity index is 2.19. The first-order valence-electron chi connectivity index (χ1n) is 7.54. The summed E-state index contributed by atoms with van der Waals surface area (Å²) < 4.78 is 7.09. The molecule has 5 nitrogen and oxygen atoms in total. The minimum absolute atomic E-state index is 0.0104. The van der Waals surface area contributed by atoms with Crippen molar-refractivity contribution in [3.63, 3.8) is 0 Å². The van der Waals surface area contributed by atoms with Crippen molar-refractivity contribution in [1.29, 1.82) is 0 Å². The average Bonchev–Trinajstić information content (AvgIpc) is 2.97. The van der Waals surface area contributed by atoms with Gasteiger partial charge < -0.3 is 14.7 Å². The van der Waals surface area contributed by atoms with Gasteiger partial charge in [-0.15, -0.1) is 0 Å². The molecule has 23 heavy (non-hydrogen) atoms. The lowest BCUT2D eigenvalue weighted by Crippen LogP contribution is -2.51. The third-order valence-electron chi connectivity index (χ3n) is 5.24. The van der Waals surface area contributed by atoms with E-state index in [1.807, 2.05) is 19.2 Å². The number of likely N-dealkylation sites (tertiary alicyclic amines) is 2. The molecule has 126 valence electrons. The molecule has 0 radical (unpaired) electrons. The molecule has 1 spiro atoms. The maximum absolute atomic E-state index is 12.9. The first-order chi connectivity index (χ1) is 10.8. The van der Waals surface area contributed by atoms with Crippen LogP contribution in [0, 0.1) is 0 Å². The number of methoxy groups -OCH3 is 1. The van der Waals surface area contributed by atoms with Crippen LogP contribution in [0.2, 0.25) is 0 Å². The van der Waals surface area contributed by atoms with Crippen LogP contribution in [0.3, 0.4) is 0 Å². The van der Waals surface area contributed by atoms with Gasteiger partial charge in [0.05, 0.1) is 17.5 Å². The highest BCUT2D eigenvalue weighted by atomic mass is 79.9. The number of rotatable bonds is 2. The number of carbonyl (C=O) groups is 1. The molecule has 3 rings (SSSR count). The lowest BCUT2D eigenvalue weighted by atomic mass is 9.78. The van der Waals surface area contributed by atoms with E-state index in [4.69, 9.17) is 4.74 Å². The Kier molecular flexibility index (Phi) is 4.50. The zero-order valence-corrected chi connectivity index (χ0v) is 16.5. The number of nitrogens with zero attached hydrogens (tertiary/aromatic N) is 2. The molecule has 1 amide bonds. The quantitative estimate of drug-likeness (QED) is 0.756. The Morgan fingerprint density at radius 3 is 2.57 bits per heavy atom. The Morgan fingerprint density at radius 1 is 1.30 bits per heavy atom. The minimum atomic E-state index is -0.856. The van der Waals surface area contributed by atoms with Crippen molar-refractivity contribution in [2.24, 2.45) is 0 Å². The Bertz CT molecular complexity index is 654. The SMILES string of the molecule is COc1cc(C2[C@@H](O)N(C)C(=O)[C@]23CCCN3C)c(Br)cc1Br. The molecule has 2 fully saturated rings. The number of halogens is 2. The molecule has 0 aromatic heterocycles. The molecule has 0 aliphatic carbocycles. The van der Waals surface area contributed by atoms with Gasteiger partial charge in [-0.2, -0.15) is 0 Å². The fourth-order valence-electron chi connectivity index (χ4n) is 4.03. The standard InChI is InChI=1S/C16H20Br2N2O3/c1-19-6-4-5-16(19)13(14(21)20(2)15(16)22)9-7-12(23-3)11(18)8-10(9)17/h7-8,13-14,21H,4-6H2,1-3H3/t13?,14-,16+/m1/s1. The van der Waals surface area contributed by atoms with Crippen molar-refractivity contribution in [3.8, 4) is 5.75 Å². The maximum atomic E-state index is 12.9. The van der Waals surface area contributed by atoms with Crippen molar-refractivity contribution in [2.75, 3.05) is 27.7 Å². The van der Waals surface area contributed by atoms with Gasteiger partial charge in [-0.3, -0.25) is 9.69 Å². The molecule has 0 bridgehead atoms. The summed E-state index contributed by atoms with van der Waals surface area (Å²) in [4.78, 5) is 16.5. The first-order valence-corrected chi connectivity index (χ1v) is 9.12. The van der Waals surface area contributed by atoms with Crippen LogP contribution >= 0.6 is 31.9 Å². The first kappa shape index (κ1) is 17.2. The molecule has 1 N–H and O–H groups in total. The second kappa shape index (κ2) is 6.02. The maximum Gasteiger partial charge on any atom is 0.245 e. The van der Waals surface area contributed by atoms with E-state index in [9.17, 15) is 9.90 Å². The third-order valence-corrected chi connectivity index (χ3v) is 6.55. The Labute approximate surface area is 152 Å². The lowest BCUT2D eigenvalue weighted by Gasteiger charge is -2.36. The number of hydrogen-bond acceptors (Lipinski definition) is 4. The topological polar surface area (TPSA) is 53.0 Å². The fraction of sp³-hybridized carbons (Fsp3) is 0.562. The van der Waals surface area contributed by atoms with Crippen LogP contribution in [0.5, 0.6) is 5.75 Å². The van der Waals surface area contributed by atoms with Gasteiger partial charge in [0.1, 0.15) is 17.5 Å². The van der Waals surface area contributed by atoms with Gasteiger partial charge in [-0.1, -0.05) is 15.9 Å². The van der Waals surface area contributed by atoms with Gasteiger partial charge in [0, 0.05) is 11.5 Å². The number of aliphatic hydroxyl groups is 1. The molecule has 2 heterocycles. The lowest BCUT2D eigenvalue weighted by molar-refractivity contribution is -0.137. The summed E-state index contributed by atoms with van der Waals surface area (Å²) in [6, 6.07) is 3.81. The highest BCUT2D eigenvalue weighted by molar-refractivity contribution is 9.11. The van der Waals surface area contributed by atoms with E-state index in [1.165, 1.54) is 4.90 Å². The third kappa shape index (κ3) is 2.35. The zero-order chi connectivity index (χ0) is 16.9. The van der Waals surface area contributed by atoms with Gasteiger partial charge in [0.15, 0.2) is 0 Å². The van der Waals surface area contributed by atoms with Crippen LogP contribution < -0.4 is 4.74 Å². The second-order valence-corrected chi connectivity index (χ2v) is 7.97. The summed E-state index contributed by atoms with van der Waals surface area (Å²) >= 11 is 7.06. The number of aliphatic hydroxyl groups excluding tert-OH is 1. The molecule has 0 saturated carbocycles. The molecule has 1 aromatic rings. The normalized spacial score (nSPS) is 31.4. The van der Waals surface area contributed by atoms with Crippen molar-refractivity contribution in [1.82, 2.24) is 9.80 Å². The van der Waals surface area contributed by atoms with Crippen LogP contribution in [0.1, 0.15) is 24.3 Å². The molecule has 3 atom stereocenters. The van der Waals surface area contributed by atoms with Gasteiger partial charge in [-0.25, -0.2) is 0 Å². The highest BCUT2D eigenvalue weighted by Gasteiger charge is 2.62. The van der Waals surface area contributed by atoms with Gasteiger partial charge in [0.25, 0.3) is 0 Å². The fourth-order valence-corrected chi connectivity index (χ4v) is 5.43. The van der Waals surface area contributed by atoms with Crippen molar-refractivity contribution in [3.05, 3.63) is 26.6 Å². The Hall–Kier alpha value is -0.630. The molecule has 2 saturated heterocycles. The van der Waals surface area contributed by atoms with Gasteiger partial charge >= 0.3 is 0 Å². The summed E-state index contributed by atoms with van der Waals surface area (Å²) in [7, 11) is 5.25. The number of carbonyl (C=O) groups excluding carboxylic acids is 1. The number of ether oxygens (including phenoxy) is 1. The van der Waals surface area contributed by atoms with Gasteiger partial charge in [0.2, 0.25) is 5.91 Å². The molecule has 7 heteroatoms. The molecule has 1 unspecified atom stereocenters. The predicted octanol–water partition coefficient (Wildman–Crippen LogP) is 2.56. The van der Waals surface area contributed by atoms with Crippen LogP contribution in [-0.4, -0.2) is 60.3 Å². The van der Waals surface area contributed by atoms with E-state index in [0.717, 1.165) is 33.9 Å². The van der Waals surface area contributed by atoms with E-state index in [-0.39, 0.29) is 11.8 Å². The Morgan fingerprint density at radius 2 is 2.00 bits per heavy atom. The summed E-state index contributed by atoms with van der Waals surface area (Å²) in [5.41, 5.74) is 0.208. The second-order valence-electron chi connectivity index (χ2n) is 6.26. The molecular formula is C16H20Br2N2O3. The smallest absolute Gasteiger partial charge is 0.245 e.